The summed E-state index contributed by atoms with van der Waals surface area (Å²) >= 11 is 0. The SMILES string of the molecule is CN1CC[C@@H](CN(C)S(=O)(=O)c2cccc3c2OCC3)[C@@H]1c1cccnc1. The third kappa shape index (κ3) is 3.35. The number of para-hydroxylation sites is 1. The highest BCUT2D eigenvalue weighted by Crippen LogP contribution is 2.38. The summed E-state index contributed by atoms with van der Waals surface area (Å²) in [5, 5.41) is 0. The lowest BCUT2D eigenvalue weighted by molar-refractivity contribution is 0.255. The number of aromatic nitrogens is 1. The third-order valence-corrected chi connectivity index (χ3v) is 7.51. The highest BCUT2D eigenvalue weighted by molar-refractivity contribution is 7.89. The molecule has 0 spiro atoms. The molecule has 0 unspecified atom stereocenters. The van der Waals surface area contributed by atoms with Gasteiger partial charge >= 0.3 is 0 Å². The van der Waals surface area contributed by atoms with E-state index < -0.39 is 10.0 Å². The van der Waals surface area contributed by atoms with Crippen molar-refractivity contribution in [3.05, 3.63) is 53.9 Å². The molecule has 1 saturated heterocycles. The molecule has 1 aromatic carbocycles. The van der Waals surface area contributed by atoms with Crippen LogP contribution in [0.4, 0.5) is 0 Å². The van der Waals surface area contributed by atoms with Crippen molar-refractivity contribution in [2.75, 3.05) is 33.8 Å². The van der Waals surface area contributed by atoms with Crippen LogP contribution in [0.1, 0.15) is 23.6 Å². The number of hydrogen-bond donors (Lipinski definition) is 0. The van der Waals surface area contributed by atoms with Crippen LogP contribution < -0.4 is 4.74 Å². The summed E-state index contributed by atoms with van der Waals surface area (Å²) < 4.78 is 33.6. The maximum absolute atomic E-state index is 13.2. The van der Waals surface area contributed by atoms with Crippen LogP contribution in [0, 0.1) is 5.92 Å². The van der Waals surface area contributed by atoms with E-state index in [4.69, 9.17) is 4.74 Å². The van der Waals surface area contributed by atoms with Gasteiger partial charge in [-0.1, -0.05) is 18.2 Å². The number of sulfonamides is 1. The Hall–Kier alpha value is -1.96. The number of pyridine rings is 1. The first kappa shape index (κ1) is 18.4. The third-order valence-electron chi connectivity index (χ3n) is 5.66. The first-order valence-electron chi connectivity index (χ1n) is 9.29. The van der Waals surface area contributed by atoms with Gasteiger partial charge < -0.3 is 4.74 Å². The van der Waals surface area contributed by atoms with E-state index >= 15 is 0 Å². The zero-order chi connectivity index (χ0) is 19.0. The number of rotatable bonds is 5. The molecular weight excluding hydrogens is 362 g/mol. The summed E-state index contributed by atoms with van der Waals surface area (Å²) in [7, 11) is 0.156. The fraction of sp³-hybridized carbons (Fsp3) is 0.450. The van der Waals surface area contributed by atoms with Crippen molar-refractivity contribution < 1.29 is 13.2 Å². The van der Waals surface area contributed by atoms with Gasteiger partial charge in [0, 0.05) is 38.4 Å². The molecule has 0 aliphatic carbocycles. The van der Waals surface area contributed by atoms with Crippen LogP contribution in [0.2, 0.25) is 0 Å². The Kier molecular flexibility index (Phi) is 4.92. The van der Waals surface area contributed by atoms with Gasteiger partial charge in [0.05, 0.1) is 6.61 Å². The zero-order valence-electron chi connectivity index (χ0n) is 15.7. The van der Waals surface area contributed by atoms with Crippen LogP contribution in [-0.4, -0.2) is 56.4 Å². The van der Waals surface area contributed by atoms with Gasteiger partial charge in [0.15, 0.2) is 0 Å². The second-order valence-corrected chi connectivity index (χ2v) is 9.40. The molecule has 7 heteroatoms. The number of hydrogen-bond acceptors (Lipinski definition) is 5. The number of nitrogens with zero attached hydrogens (tertiary/aromatic N) is 3. The van der Waals surface area contributed by atoms with E-state index in [1.54, 1.807) is 25.4 Å². The average Bonchev–Trinajstić information content (AvgIpc) is 3.28. The molecule has 6 nitrogen and oxygen atoms in total. The predicted molar refractivity (Wildman–Crippen MR) is 103 cm³/mol. The van der Waals surface area contributed by atoms with E-state index in [9.17, 15) is 8.42 Å². The van der Waals surface area contributed by atoms with Crippen molar-refractivity contribution >= 4 is 10.0 Å². The largest absolute Gasteiger partial charge is 0.492 e. The highest BCUT2D eigenvalue weighted by Gasteiger charge is 2.37. The minimum atomic E-state index is -3.60. The summed E-state index contributed by atoms with van der Waals surface area (Å²) in [4.78, 5) is 6.80. The van der Waals surface area contributed by atoms with Gasteiger partial charge in [-0.3, -0.25) is 9.88 Å². The van der Waals surface area contributed by atoms with Crippen LogP contribution in [-0.2, 0) is 16.4 Å². The second-order valence-electron chi connectivity index (χ2n) is 7.39. The van der Waals surface area contributed by atoms with Crippen LogP contribution >= 0.6 is 0 Å². The summed E-state index contributed by atoms with van der Waals surface area (Å²) in [6, 6.07) is 9.56. The van der Waals surface area contributed by atoms with Crippen molar-refractivity contribution in [2.45, 2.75) is 23.8 Å². The van der Waals surface area contributed by atoms with Crippen LogP contribution in [0.15, 0.2) is 47.6 Å². The fourth-order valence-corrected chi connectivity index (χ4v) is 5.68. The van der Waals surface area contributed by atoms with Gasteiger partial charge in [-0.2, -0.15) is 0 Å². The van der Waals surface area contributed by atoms with E-state index in [-0.39, 0.29) is 16.9 Å². The summed E-state index contributed by atoms with van der Waals surface area (Å²) in [6.07, 6.45) is 5.37. The predicted octanol–water partition coefficient (Wildman–Crippen LogP) is 2.33. The lowest BCUT2D eigenvalue weighted by Crippen LogP contribution is -2.34. The molecule has 0 amide bonds. The molecular formula is C20H25N3O3S. The molecule has 2 aromatic rings. The lowest BCUT2D eigenvalue weighted by atomic mass is 9.95. The molecule has 2 atom stereocenters. The first-order chi connectivity index (χ1) is 13.0. The molecule has 3 heterocycles. The van der Waals surface area contributed by atoms with Crippen LogP contribution in [0.3, 0.4) is 0 Å². The van der Waals surface area contributed by atoms with Crippen LogP contribution in [0.5, 0.6) is 5.75 Å². The van der Waals surface area contributed by atoms with Crippen molar-refractivity contribution in [3.63, 3.8) is 0 Å². The number of ether oxygens (including phenoxy) is 1. The second kappa shape index (κ2) is 7.22. The number of likely N-dealkylation sites (tertiary alicyclic amines) is 1. The van der Waals surface area contributed by atoms with Crippen molar-refractivity contribution in [1.29, 1.82) is 0 Å². The maximum Gasteiger partial charge on any atom is 0.246 e. The topological polar surface area (TPSA) is 62.7 Å². The molecule has 1 aromatic heterocycles. The highest BCUT2D eigenvalue weighted by atomic mass is 32.2. The van der Waals surface area contributed by atoms with Gasteiger partial charge in [-0.25, -0.2) is 12.7 Å². The summed E-state index contributed by atoms with van der Waals surface area (Å²) in [6.45, 7) is 1.96. The van der Waals surface area contributed by atoms with Gasteiger partial charge in [-0.05, 0) is 49.2 Å². The van der Waals surface area contributed by atoms with Crippen molar-refractivity contribution in [2.24, 2.45) is 5.92 Å². The van der Waals surface area contributed by atoms with E-state index in [0.717, 1.165) is 30.5 Å². The molecule has 144 valence electrons. The minimum Gasteiger partial charge on any atom is -0.492 e. The van der Waals surface area contributed by atoms with Gasteiger partial charge in [0.1, 0.15) is 10.6 Å². The maximum atomic E-state index is 13.2. The lowest BCUT2D eigenvalue weighted by Gasteiger charge is -2.28. The standard InChI is InChI=1S/C20H25N3O3S/c1-22-11-8-17(19(22)16-6-4-10-21-13-16)14-23(2)27(24,25)18-7-3-5-15-9-12-26-20(15)18/h3-7,10,13,17,19H,8-9,11-12,14H2,1-2H3/t17-,19-/m0/s1. The van der Waals surface area contributed by atoms with E-state index in [2.05, 4.69) is 23.0 Å². The Morgan fingerprint density at radius 1 is 1.30 bits per heavy atom. The van der Waals surface area contributed by atoms with Gasteiger partial charge in [0.2, 0.25) is 10.0 Å². The van der Waals surface area contributed by atoms with Crippen molar-refractivity contribution in [3.8, 4) is 5.75 Å². The van der Waals surface area contributed by atoms with E-state index in [1.807, 2.05) is 18.3 Å². The normalized spacial score (nSPS) is 22.8. The smallest absolute Gasteiger partial charge is 0.246 e. The molecule has 27 heavy (non-hydrogen) atoms. The van der Waals surface area contributed by atoms with Crippen LogP contribution in [0.25, 0.3) is 0 Å². The quantitative estimate of drug-likeness (QED) is 0.788. The van der Waals surface area contributed by atoms with E-state index in [1.165, 1.54) is 4.31 Å². The molecule has 0 radical (unpaired) electrons. The minimum absolute atomic E-state index is 0.175. The zero-order valence-corrected chi connectivity index (χ0v) is 16.5. The van der Waals surface area contributed by atoms with Gasteiger partial charge in [-0.15, -0.1) is 0 Å². The fourth-order valence-electron chi connectivity index (χ4n) is 4.28. The monoisotopic (exact) mass is 387 g/mol. The van der Waals surface area contributed by atoms with Crippen molar-refractivity contribution in [1.82, 2.24) is 14.2 Å². The van der Waals surface area contributed by atoms with Gasteiger partial charge in [0.25, 0.3) is 0 Å². The Balaban J connectivity index is 1.58. The molecule has 0 N–H and O–H groups in total. The summed E-state index contributed by atoms with van der Waals surface area (Å²) in [5.74, 6) is 0.744. The molecule has 2 aliphatic heterocycles. The Labute approximate surface area is 160 Å². The number of fused-ring (bicyclic) bond motifs is 1. The Morgan fingerprint density at radius 3 is 2.93 bits per heavy atom. The number of benzene rings is 1. The molecule has 2 aliphatic rings. The Morgan fingerprint density at radius 2 is 2.15 bits per heavy atom. The Bertz CT molecular complexity index is 917. The average molecular weight is 388 g/mol. The molecule has 0 bridgehead atoms. The van der Waals surface area contributed by atoms with E-state index in [0.29, 0.717) is 18.9 Å². The molecule has 1 fully saturated rings. The molecule has 4 rings (SSSR count). The summed E-state index contributed by atoms with van der Waals surface area (Å²) in [5.41, 5.74) is 2.11. The first-order valence-corrected chi connectivity index (χ1v) is 10.7. The molecule has 0 saturated carbocycles.